The van der Waals surface area contributed by atoms with Gasteiger partial charge < -0.3 is 4.57 Å². The maximum Gasteiger partial charge on any atom is 0.160 e. The molecule has 0 aliphatic carbocycles. The lowest BCUT2D eigenvalue weighted by Gasteiger charge is -2.14. The molecule has 0 saturated carbocycles. The Morgan fingerprint density at radius 3 is 1.32 bits per heavy atom. The van der Waals surface area contributed by atoms with Crippen LogP contribution in [0.4, 0.5) is 0 Å². The van der Waals surface area contributed by atoms with Gasteiger partial charge in [-0.25, -0.2) is 9.97 Å². The van der Waals surface area contributed by atoms with E-state index in [1.54, 1.807) is 0 Å². The fraction of sp³-hybridized carbons (Fsp3) is 0. The van der Waals surface area contributed by atoms with E-state index in [9.17, 15) is 0 Å². The third kappa shape index (κ3) is 5.47. The molecule has 3 heteroatoms. The normalized spacial score (nSPS) is 11.4. The summed E-state index contributed by atoms with van der Waals surface area (Å²) in [5.41, 5.74) is 13.2. The van der Waals surface area contributed by atoms with E-state index in [1.165, 1.54) is 49.3 Å². The van der Waals surface area contributed by atoms with Crippen molar-refractivity contribution in [2.75, 3.05) is 0 Å². The summed E-state index contributed by atoms with van der Waals surface area (Å²) in [5.74, 6) is 0.708. The molecule has 0 unspecified atom stereocenters. The van der Waals surface area contributed by atoms with Crippen molar-refractivity contribution in [1.82, 2.24) is 14.5 Å². The molecule has 10 rings (SSSR count). The molecule has 10 aromatic rings. The van der Waals surface area contributed by atoms with Crippen molar-refractivity contribution < 1.29 is 0 Å². The standard InChI is InChI=1S/C50H33N3/c1-3-14-35(15-4-1)46-33-47(36-16-5-2-6-17-36)52-50(51-46)37-28-26-34(27-29-37)40-30-31-41(43-21-8-7-20-42(40)43)38-18-13-19-39(32-38)53-48-24-11-9-22-44(48)45-23-10-12-25-49(45)53/h1-33H. The Balaban J connectivity index is 1.04. The van der Waals surface area contributed by atoms with Gasteiger partial charge in [0.25, 0.3) is 0 Å². The quantitative estimate of drug-likeness (QED) is 0.176. The molecule has 0 spiro atoms. The van der Waals surface area contributed by atoms with Crippen LogP contribution in [0.25, 0.3) is 94.4 Å². The van der Waals surface area contributed by atoms with Gasteiger partial charge in [0.05, 0.1) is 22.4 Å². The largest absolute Gasteiger partial charge is 0.309 e. The topological polar surface area (TPSA) is 30.7 Å². The number of para-hydroxylation sites is 2. The van der Waals surface area contributed by atoms with E-state index >= 15 is 0 Å². The lowest BCUT2D eigenvalue weighted by molar-refractivity contribution is 1.18. The molecule has 0 amide bonds. The van der Waals surface area contributed by atoms with Crippen molar-refractivity contribution in [1.29, 1.82) is 0 Å². The number of benzene rings is 8. The summed E-state index contributed by atoms with van der Waals surface area (Å²) in [5, 5.41) is 4.97. The zero-order chi connectivity index (χ0) is 35.1. The van der Waals surface area contributed by atoms with Crippen LogP contribution < -0.4 is 0 Å². The van der Waals surface area contributed by atoms with E-state index < -0.39 is 0 Å². The van der Waals surface area contributed by atoms with Gasteiger partial charge in [0.2, 0.25) is 0 Å². The Morgan fingerprint density at radius 2 is 0.755 bits per heavy atom. The van der Waals surface area contributed by atoms with Gasteiger partial charge in [-0.2, -0.15) is 0 Å². The average molecular weight is 676 g/mol. The summed E-state index contributed by atoms with van der Waals surface area (Å²) in [6, 6.07) is 71.0. The number of hydrogen-bond donors (Lipinski definition) is 0. The van der Waals surface area contributed by atoms with Gasteiger partial charge >= 0.3 is 0 Å². The first kappa shape index (κ1) is 30.7. The van der Waals surface area contributed by atoms with Crippen LogP contribution in [-0.4, -0.2) is 14.5 Å². The maximum atomic E-state index is 5.04. The first-order valence-electron chi connectivity index (χ1n) is 18.0. The highest BCUT2D eigenvalue weighted by Crippen LogP contribution is 2.38. The number of rotatable bonds is 6. The second-order valence-electron chi connectivity index (χ2n) is 13.4. The van der Waals surface area contributed by atoms with Gasteiger partial charge in [-0.15, -0.1) is 0 Å². The molecule has 0 radical (unpaired) electrons. The zero-order valence-corrected chi connectivity index (χ0v) is 28.9. The zero-order valence-electron chi connectivity index (χ0n) is 28.9. The molecule has 3 nitrogen and oxygen atoms in total. The number of nitrogens with zero attached hydrogens (tertiary/aromatic N) is 3. The predicted molar refractivity (Wildman–Crippen MR) is 221 cm³/mol. The van der Waals surface area contributed by atoms with E-state index in [2.05, 4.69) is 168 Å². The Hall–Kier alpha value is -7.10. The van der Waals surface area contributed by atoms with Crippen LogP contribution in [0.2, 0.25) is 0 Å². The molecule has 0 N–H and O–H groups in total. The van der Waals surface area contributed by atoms with E-state index in [-0.39, 0.29) is 0 Å². The van der Waals surface area contributed by atoms with Crippen LogP contribution >= 0.6 is 0 Å². The minimum atomic E-state index is 0.708. The maximum absolute atomic E-state index is 5.04. The lowest BCUT2D eigenvalue weighted by atomic mass is 9.91. The third-order valence-electron chi connectivity index (χ3n) is 10.2. The minimum Gasteiger partial charge on any atom is -0.309 e. The second-order valence-corrected chi connectivity index (χ2v) is 13.4. The Kier molecular flexibility index (Phi) is 7.47. The summed E-state index contributed by atoms with van der Waals surface area (Å²) in [4.78, 5) is 10.1. The molecule has 0 saturated heterocycles. The molecular weight excluding hydrogens is 643 g/mol. The Bertz CT molecular complexity index is 2810. The number of fused-ring (bicyclic) bond motifs is 4. The van der Waals surface area contributed by atoms with Crippen LogP contribution in [0.3, 0.4) is 0 Å². The van der Waals surface area contributed by atoms with Crippen LogP contribution in [-0.2, 0) is 0 Å². The van der Waals surface area contributed by atoms with Crippen LogP contribution in [0.15, 0.2) is 200 Å². The SMILES string of the molecule is c1ccc(-c2cc(-c3ccccc3)nc(-c3ccc(-c4ccc(-c5cccc(-n6c7ccccc7c7ccccc76)c5)c5ccccc45)cc3)n2)cc1. The first-order valence-corrected chi connectivity index (χ1v) is 18.0. The Labute approximate surface area is 308 Å². The minimum absolute atomic E-state index is 0.708. The third-order valence-corrected chi connectivity index (χ3v) is 10.2. The van der Waals surface area contributed by atoms with Crippen LogP contribution in [0, 0.1) is 0 Å². The molecule has 0 fully saturated rings. The Morgan fingerprint density at radius 1 is 0.302 bits per heavy atom. The molecule has 2 heterocycles. The molecule has 0 aliphatic rings. The van der Waals surface area contributed by atoms with Crippen molar-refractivity contribution in [2.24, 2.45) is 0 Å². The van der Waals surface area contributed by atoms with E-state index in [0.29, 0.717) is 5.82 Å². The van der Waals surface area contributed by atoms with Gasteiger partial charge in [-0.1, -0.05) is 170 Å². The van der Waals surface area contributed by atoms with Gasteiger partial charge in [0.15, 0.2) is 5.82 Å². The highest BCUT2D eigenvalue weighted by molar-refractivity contribution is 6.09. The molecule has 0 bridgehead atoms. The number of aromatic nitrogens is 3. The molecule has 53 heavy (non-hydrogen) atoms. The highest BCUT2D eigenvalue weighted by Gasteiger charge is 2.15. The number of hydrogen-bond acceptors (Lipinski definition) is 2. The van der Waals surface area contributed by atoms with Gasteiger partial charge in [-0.3, -0.25) is 0 Å². The summed E-state index contributed by atoms with van der Waals surface area (Å²) < 4.78 is 2.38. The monoisotopic (exact) mass is 675 g/mol. The lowest BCUT2D eigenvalue weighted by Crippen LogP contribution is -1.96. The smallest absolute Gasteiger partial charge is 0.160 e. The van der Waals surface area contributed by atoms with Gasteiger partial charge in [-0.05, 0) is 63.4 Å². The summed E-state index contributed by atoms with van der Waals surface area (Å²) >= 11 is 0. The van der Waals surface area contributed by atoms with Crippen molar-refractivity contribution in [3.05, 3.63) is 200 Å². The first-order chi connectivity index (χ1) is 26.3. The van der Waals surface area contributed by atoms with Crippen LogP contribution in [0.1, 0.15) is 0 Å². The second kappa shape index (κ2) is 12.9. The molecule has 248 valence electrons. The summed E-state index contributed by atoms with van der Waals surface area (Å²) in [6.45, 7) is 0. The molecular formula is C50H33N3. The van der Waals surface area contributed by atoms with Crippen molar-refractivity contribution in [3.63, 3.8) is 0 Å². The molecule has 0 atom stereocenters. The predicted octanol–water partition coefficient (Wildman–Crippen LogP) is 13.1. The fourth-order valence-electron chi connectivity index (χ4n) is 7.70. The van der Waals surface area contributed by atoms with Gasteiger partial charge in [0, 0.05) is 33.2 Å². The summed E-state index contributed by atoms with van der Waals surface area (Å²) in [7, 11) is 0. The molecule has 8 aromatic carbocycles. The van der Waals surface area contributed by atoms with E-state index in [4.69, 9.17) is 9.97 Å². The van der Waals surface area contributed by atoms with E-state index in [0.717, 1.165) is 39.3 Å². The van der Waals surface area contributed by atoms with Crippen LogP contribution in [0.5, 0.6) is 0 Å². The summed E-state index contributed by atoms with van der Waals surface area (Å²) in [6.07, 6.45) is 0. The van der Waals surface area contributed by atoms with Crippen molar-refractivity contribution in [3.8, 4) is 61.8 Å². The van der Waals surface area contributed by atoms with Gasteiger partial charge in [0.1, 0.15) is 0 Å². The van der Waals surface area contributed by atoms with Crippen molar-refractivity contribution in [2.45, 2.75) is 0 Å². The molecule has 0 aliphatic heterocycles. The van der Waals surface area contributed by atoms with Crippen molar-refractivity contribution >= 4 is 32.6 Å². The fourth-order valence-corrected chi connectivity index (χ4v) is 7.70. The molecule has 2 aromatic heterocycles. The average Bonchev–Trinajstić information content (AvgIpc) is 3.58. The highest BCUT2D eigenvalue weighted by atomic mass is 15.0. The van der Waals surface area contributed by atoms with E-state index in [1.807, 2.05) is 36.4 Å².